The molecule has 1 aliphatic rings. The SMILES string of the molecule is COc1ccc([C@@H]2c3c(-c4ccc(F)cc4)n[nH]c(=O)c3Nc3nnnn32)cc1. The monoisotopic (exact) mass is 391 g/mol. The van der Waals surface area contributed by atoms with Gasteiger partial charge in [0.1, 0.15) is 23.3 Å². The van der Waals surface area contributed by atoms with Gasteiger partial charge in [0, 0.05) is 11.1 Å². The lowest BCUT2D eigenvalue weighted by Gasteiger charge is -2.27. The fourth-order valence-corrected chi connectivity index (χ4v) is 3.46. The number of hydrogen-bond acceptors (Lipinski definition) is 7. The number of fused-ring (bicyclic) bond motifs is 2. The summed E-state index contributed by atoms with van der Waals surface area (Å²) in [6, 6.07) is 12.8. The van der Waals surface area contributed by atoms with E-state index in [1.807, 2.05) is 24.3 Å². The molecule has 0 spiro atoms. The van der Waals surface area contributed by atoms with Crippen molar-refractivity contribution in [1.82, 2.24) is 30.4 Å². The lowest BCUT2D eigenvalue weighted by molar-refractivity contribution is 0.414. The molecule has 2 N–H and O–H groups in total. The Kier molecular flexibility index (Phi) is 3.83. The molecular formula is C19H14FN7O2. The van der Waals surface area contributed by atoms with E-state index in [4.69, 9.17) is 4.74 Å². The molecule has 144 valence electrons. The Hall–Kier alpha value is -4.08. The van der Waals surface area contributed by atoms with Crippen molar-refractivity contribution < 1.29 is 9.13 Å². The van der Waals surface area contributed by atoms with Crippen molar-refractivity contribution in [3.05, 3.63) is 75.8 Å². The van der Waals surface area contributed by atoms with Crippen molar-refractivity contribution >= 4 is 11.6 Å². The summed E-state index contributed by atoms with van der Waals surface area (Å²) in [6.45, 7) is 0. The lowest BCUT2D eigenvalue weighted by Crippen LogP contribution is -2.29. The van der Waals surface area contributed by atoms with Crippen LogP contribution in [0.5, 0.6) is 5.75 Å². The molecule has 0 saturated carbocycles. The van der Waals surface area contributed by atoms with Crippen LogP contribution < -0.4 is 15.6 Å². The molecule has 1 aliphatic heterocycles. The zero-order valence-corrected chi connectivity index (χ0v) is 15.1. The van der Waals surface area contributed by atoms with Crippen molar-refractivity contribution in [2.45, 2.75) is 6.04 Å². The molecule has 2 aromatic carbocycles. The number of halogens is 1. The van der Waals surface area contributed by atoms with Gasteiger partial charge in [0.15, 0.2) is 0 Å². The number of anilines is 2. The first-order valence-corrected chi connectivity index (χ1v) is 8.73. The highest BCUT2D eigenvalue weighted by Crippen LogP contribution is 2.41. The number of benzene rings is 2. The molecule has 5 rings (SSSR count). The first-order chi connectivity index (χ1) is 14.2. The molecule has 0 saturated heterocycles. The first kappa shape index (κ1) is 17.0. The van der Waals surface area contributed by atoms with E-state index in [1.54, 1.807) is 23.9 Å². The summed E-state index contributed by atoms with van der Waals surface area (Å²) in [6.07, 6.45) is 0. The van der Waals surface area contributed by atoms with Crippen LogP contribution >= 0.6 is 0 Å². The number of aromatic nitrogens is 6. The summed E-state index contributed by atoms with van der Waals surface area (Å²) < 4.78 is 20.3. The Morgan fingerprint density at radius 3 is 2.59 bits per heavy atom. The smallest absolute Gasteiger partial charge is 0.288 e. The van der Waals surface area contributed by atoms with Crippen molar-refractivity contribution in [3.63, 3.8) is 0 Å². The topological polar surface area (TPSA) is 111 Å². The van der Waals surface area contributed by atoms with Crippen LogP contribution in [0.15, 0.2) is 53.3 Å². The third kappa shape index (κ3) is 2.73. The molecule has 4 aromatic rings. The van der Waals surface area contributed by atoms with Gasteiger partial charge in [0.25, 0.3) is 5.56 Å². The molecule has 10 heteroatoms. The third-order valence-corrected chi connectivity index (χ3v) is 4.82. The van der Waals surface area contributed by atoms with Gasteiger partial charge >= 0.3 is 0 Å². The van der Waals surface area contributed by atoms with Crippen LogP contribution in [-0.4, -0.2) is 37.5 Å². The summed E-state index contributed by atoms with van der Waals surface area (Å²) in [5.41, 5.74) is 2.45. The maximum Gasteiger partial charge on any atom is 0.288 e. The number of rotatable bonds is 3. The Balaban J connectivity index is 1.78. The highest BCUT2D eigenvalue weighted by Gasteiger charge is 2.34. The second-order valence-corrected chi connectivity index (χ2v) is 6.44. The Morgan fingerprint density at radius 1 is 1.10 bits per heavy atom. The fraction of sp³-hybridized carbons (Fsp3) is 0.105. The summed E-state index contributed by atoms with van der Waals surface area (Å²) >= 11 is 0. The second-order valence-electron chi connectivity index (χ2n) is 6.44. The molecule has 0 aliphatic carbocycles. The van der Waals surface area contributed by atoms with Crippen LogP contribution in [0.2, 0.25) is 0 Å². The molecule has 3 heterocycles. The van der Waals surface area contributed by atoms with Gasteiger partial charge in [-0.05, 0) is 52.4 Å². The van der Waals surface area contributed by atoms with E-state index in [0.717, 1.165) is 5.56 Å². The predicted octanol–water partition coefficient (Wildman–Crippen LogP) is 2.27. The summed E-state index contributed by atoms with van der Waals surface area (Å²) in [5.74, 6) is 0.669. The van der Waals surface area contributed by atoms with Gasteiger partial charge in [-0.1, -0.05) is 17.2 Å². The number of nitrogens with zero attached hydrogens (tertiary/aromatic N) is 5. The summed E-state index contributed by atoms with van der Waals surface area (Å²) in [5, 5.41) is 21.5. The predicted molar refractivity (Wildman–Crippen MR) is 102 cm³/mol. The maximum atomic E-state index is 13.4. The Bertz CT molecular complexity index is 1250. The minimum absolute atomic E-state index is 0.294. The van der Waals surface area contributed by atoms with Crippen molar-refractivity contribution in [3.8, 4) is 17.0 Å². The molecule has 1 atom stereocenters. The number of aromatic amines is 1. The van der Waals surface area contributed by atoms with Crippen LogP contribution in [0.25, 0.3) is 11.3 Å². The molecule has 0 fully saturated rings. The van der Waals surface area contributed by atoms with Crippen LogP contribution in [-0.2, 0) is 0 Å². The Morgan fingerprint density at radius 2 is 1.86 bits per heavy atom. The molecule has 0 radical (unpaired) electrons. The average Bonchev–Trinajstić information content (AvgIpc) is 3.22. The van der Waals surface area contributed by atoms with Gasteiger partial charge in [-0.25, -0.2) is 9.49 Å². The number of ether oxygens (including phenoxy) is 1. The second kappa shape index (κ2) is 6.51. The number of H-pyrrole nitrogens is 1. The van der Waals surface area contributed by atoms with E-state index >= 15 is 0 Å². The van der Waals surface area contributed by atoms with E-state index in [2.05, 4.69) is 31.0 Å². The normalized spacial score (nSPS) is 14.6. The van der Waals surface area contributed by atoms with Gasteiger partial charge in [-0.2, -0.15) is 9.78 Å². The third-order valence-electron chi connectivity index (χ3n) is 4.82. The van der Waals surface area contributed by atoms with E-state index in [0.29, 0.717) is 34.2 Å². The average molecular weight is 391 g/mol. The van der Waals surface area contributed by atoms with Crippen molar-refractivity contribution in [1.29, 1.82) is 0 Å². The Labute approximate surface area is 163 Å². The first-order valence-electron chi connectivity index (χ1n) is 8.73. The number of methoxy groups -OCH3 is 1. The number of tetrazole rings is 1. The molecule has 0 bridgehead atoms. The minimum atomic E-state index is -0.517. The molecule has 0 unspecified atom stereocenters. The highest BCUT2D eigenvalue weighted by molar-refractivity contribution is 5.75. The quantitative estimate of drug-likeness (QED) is 0.485. The summed E-state index contributed by atoms with van der Waals surface area (Å²) in [7, 11) is 1.59. The van der Waals surface area contributed by atoms with E-state index in [-0.39, 0.29) is 5.82 Å². The molecule has 29 heavy (non-hydrogen) atoms. The zero-order chi connectivity index (χ0) is 20.0. The van der Waals surface area contributed by atoms with Crippen LogP contribution in [0.4, 0.5) is 16.0 Å². The minimum Gasteiger partial charge on any atom is -0.497 e. The molecule has 0 amide bonds. The number of nitrogens with one attached hydrogen (secondary N) is 2. The van der Waals surface area contributed by atoms with E-state index < -0.39 is 11.6 Å². The molecule has 9 nitrogen and oxygen atoms in total. The van der Waals surface area contributed by atoms with Gasteiger partial charge in [-0.3, -0.25) is 4.79 Å². The highest BCUT2D eigenvalue weighted by atomic mass is 19.1. The van der Waals surface area contributed by atoms with Gasteiger partial charge in [0.2, 0.25) is 5.95 Å². The van der Waals surface area contributed by atoms with Gasteiger partial charge < -0.3 is 10.1 Å². The maximum absolute atomic E-state index is 13.4. The lowest BCUT2D eigenvalue weighted by atomic mass is 9.92. The van der Waals surface area contributed by atoms with Crippen LogP contribution in [0.3, 0.4) is 0 Å². The van der Waals surface area contributed by atoms with Crippen LogP contribution in [0, 0.1) is 5.82 Å². The van der Waals surface area contributed by atoms with Gasteiger partial charge in [0.05, 0.1) is 12.8 Å². The van der Waals surface area contributed by atoms with Crippen molar-refractivity contribution in [2.75, 3.05) is 12.4 Å². The van der Waals surface area contributed by atoms with E-state index in [1.165, 1.54) is 12.1 Å². The summed E-state index contributed by atoms with van der Waals surface area (Å²) in [4.78, 5) is 12.6. The molecular weight excluding hydrogens is 377 g/mol. The van der Waals surface area contributed by atoms with Gasteiger partial charge in [-0.15, -0.1) is 0 Å². The van der Waals surface area contributed by atoms with E-state index in [9.17, 15) is 9.18 Å². The number of hydrogen-bond donors (Lipinski definition) is 2. The standard InChI is InChI=1S/C19H14FN7O2/c1-29-13-8-4-11(5-9-13)17-14-15(10-2-6-12(20)7-3-10)22-23-18(28)16(14)21-19-24-25-26-27(17)19/h2-9,17H,1H3,(H,23,28)(H,21,24,26)/t17-/m1/s1. The van der Waals surface area contributed by atoms with Crippen LogP contribution in [0.1, 0.15) is 17.2 Å². The zero-order valence-electron chi connectivity index (χ0n) is 15.1. The largest absolute Gasteiger partial charge is 0.497 e. The van der Waals surface area contributed by atoms with Crippen molar-refractivity contribution in [2.24, 2.45) is 0 Å². The molecule has 2 aromatic heterocycles. The fourth-order valence-electron chi connectivity index (χ4n) is 3.46.